The van der Waals surface area contributed by atoms with Crippen molar-refractivity contribution in [2.75, 3.05) is 18.0 Å². The number of hydrogen-bond donors (Lipinski definition) is 1. The predicted molar refractivity (Wildman–Crippen MR) is 66.1 cm³/mol. The predicted octanol–water partition coefficient (Wildman–Crippen LogP) is 1.32. The largest absolute Gasteiger partial charge is 0.364 e. The molecule has 1 aliphatic heterocycles. The van der Waals surface area contributed by atoms with Crippen LogP contribution in [0.4, 0.5) is 5.82 Å². The fraction of sp³-hybridized carbons (Fsp3) is 0.545. The molecule has 1 aliphatic rings. The second-order valence-electron chi connectivity index (χ2n) is 4.60. The van der Waals surface area contributed by atoms with Crippen molar-refractivity contribution in [2.45, 2.75) is 13.8 Å². The molecule has 92 valence electrons. The van der Waals surface area contributed by atoms with Gasteiger partial charge in [-0.25, -0.2) is 9.97 Å². The van der Waals surface area contributed by atoms with E-state index >= 15 is 0 Å². The number of nitrogens with two attached hydrogens (primary N) is 1. The lowest BCUT2D eigenvalue weighted by Crippen LogP contribution is -2.22. The number of hydrogen-bond acceptors (Lipinski definition) is 4. The Hall–Kier alpha value is -1.36. The van der Waals surface area contributed by atoms with Crippen LogP contribution in [-0.2, 0) is 0 Å². The SMILES string of the molecule is C[C@H]1CN(c2cc(C(N)=O)nc(Cl)n2)C[C@@H]1C. The molecule has 2 rings (SSSR count). The summed E-state index contributed by atoms with van der Waals surface area (Å²) in [5.41, 5.74) is 5.36. The van der Waals surface area contributed by atoms with Gasteiger partial charge in [-0.3, -0.25) is 4.79 Å². The molecule has 2 atom stereocenters. The minimum atomic E-state index is -0.587. The van der Waals surface area contributed by atoms with Crippen LogP contribution in [0, 0.1) is 11.8 Å². The molecule has 0 aliphatic carbocycles. The quantitative estimate of drug-likeness (QED) is 0.808. The number of amides is 1. The lowest BCUT2D eigenvalue weighted by atomic mass is 10.0. The van der Waals surface area contributed by atoms with Gasteiger partial charge in [-0.2, -0.15) is 0 Å². The summed E-state index contributed by atoms with van der Waals surface area (Å²) in [5, 5.41) is 0.0588. The van der Waals surface area contributed by atoms with E-state index < -0.39 is 5.91 Å². The van der Waals surface area contributed by atoms with Crippen LogP contribution in [0.3, 0.4) is 0 Å². The minimum absolute atomic E-state index is 0.0588. The molecular formula is C11H15ClN4O. The number of anilines is 1. The fourth-order valence-electron chi connectivity index (χ4n) is 2.01. The molecule has 0 radical (unpaired) electrons. The molecule has 2 N–H and O–H groups in total. The fourth-order valence-corrected chi connectivity index (χ4v) is 2.19. The van der Waals surface area contributed by atoms with Gasteiger partial charge in [0.25, 0.3) is 5.91 Å². The van der Waals surface area contributed by atoms with Crippen LogP contribution in [0.15, 0.2) is 6.07 Å². The van der Waals surface area contributed by atoms with E-state index in [0.29, 0.717) is 17.7 Å². The molecule has 1 fully saturated rings. The highest BCUT2D eigenvalue weighted by molar-refractivity contribution is 6.28. The molecule has 0 aromatic carbocycles. The highest BCUT2D eigenvalue weighted by Gasteiger charge is 2.27. The number of aromatic nitrogens is 2. The van der Waals surface area contributed by atoms with Crippen LogP contribution >= 0.6 is 11.6 Å². The molecule has 1 aromatic heterocycles. The summed E-state index contributed by atoms with van der Waals surface area (Å²) in [4.78, 5) is 21.1. The number of carbonyl (C=O) groups is 1. The third-order valence-electron chi connectivity index (χ3n) is 3.25. The normalized spacial score (nSPS) is 24.1. The van der Waals surface area contributed by atoms with Crippen LogP contribution in [0.25, 0.3) is 0 Å². The Morgan fingerprint density at radius 2 is 2.00 bits per heavy atom. The first kappa shape index (κ1) is 12.1. The van der Waals surface area contributed by atoms with Gasteiger partial charge in [-0.05, 0) is 23.4 Å². The van der Waals surface area contributed by atoms with Gasteiger partial charge in [0, 0.05) is 19.2 Å². The molecule has 5 nitrogen and oxygen atoms in total. The zero-order chi connectivity index (χ0) is 12.6. The second-order valence-corrected chi connectivity index (χ2v) is 4.94. The average Bonchev–Trinajstić information content (AvgIpc) is 2.58. The van der Waals surface area contributed by atoms with E-state index in [1.165, 1.54) is 0 Å². The summed E-state index contributed by atoms with van der Waals surface area (Å²) in [6.07, 6.45) is 0. The summed E-state index contributed by atoms with van der Waals surface area (Å²) in [6.45, 7) is 6.21. The van der Waals surface area contributed by atoms with Gasteiger partial charge >= 0.3 is 0 Å². The Morgan fingerprint density at radius 1 is 1.41 bits per heavy atom. The first-order valence-corrected chi connectivity index (χ1v) is 5.94. The van der Waals surface area contributed by atoms with E-state index in [0.717, 1.165) is 13.1 Å². The zero-order valence-corrected chi connectivity index (χ0v) is 10.6. The number of halogens is 1. The Balaban J connectivity index is 2.30. The van der Waals surface area contributed by atoms with Crippen molar-refractivity contribution in [2.24, 2.45) is 17.6 Å². The van der Waals surface area contributed by atoms with Crippen LogP contribution in [0.2, 0.25) is 5.28 Å². The molecule has 2 heterocycles. The first-order chi connectivity index (χ1) is 7.97. The molecule has 1 amide bonds. The number of rotatable bonds is 2. The molecule has 1 aromatic rings. The van der Waals surface area contributed by atoms with Crippen molar-refractivity contribution in [1.82, 2.24) is 9.97 Å². The third kappa shape index (κ3) is 2.49. The van der Waals surface area contributed by atoms with E-state index in [9.17, 15) is 4.79 Å². The van der Waals surface area contributed by atoms with Gasteiger partial charge in [-0.1, -0.05) is 13.8 Å². The molecule has 6 heteroatoms. The molecule has 0 spiro atoms. The second kappa shape index (κ2) is 4.49. The molecule has 17 heavy (non-hydrogen) atoms. The molecule has 0 unspecified atom stereocenters. The summed E-state index contributed by atoms with van der Waals surface area (Å²) >= 11 is 5.79. The van der Waals surface area contributed by atoms with Crippen LogP contribution in [-0.4, -0.2) is 29.0 Å². The van der Waals surface area contributed by atoms with E-state index in [-0.39, 0.29) is 11.0 Å². The molecule has 1 saturated heterocycles. The van der Waals surface area contributed by atoms with E-state index in [1.807, 2.05) is 0 Å². The van der Waals surface area contributed by atoms with E-state index in [1.54, 1.807) is 6.07 Å². The lowest BCUT2D eigenvalue weighted by Gasteiger charge is -2.17. The Morgan fingerprint density at radius 3 is 2.53 bits per heavy atom. The molecule has 0 bridgehead atoms. The zero-order valence-electron chi connectivity index (χ0n) is 9.85. The minimum Gasteiger partial charge on any atom is -0.364 e. The van der Waals surface area contributed by atoms with Crippen molar-refractivity contribution < 1.29 is 4.79 Å². The number of primary amides is 1. The topological polar surface area (TPSA) is 72.1 Å². The summed E-state index contributed by atoms with van der Waals surface area (Å²) in [7, 11) is 0. The maximum Gasteiger partial charge on any atom is 0.267 e. The summed E-state index contributed by atoms with van der Waals surface area (Å²) in [5.74, 6) is 1.28. The highest BCUT2D eigenvalue weighted by Crippen LogP contribution is 2.27. The number of carbonyl (C=O) groups excluding carboxylic acids is 1. The smallest absolute Gasteiger partial charge is 0.267 e. The van der Waals surface area contributed by atoms with E-state index in [2.05, 4.69) is 28.7 Å². The van der Waals surface area contributed by atoms with Gasteiger partial charge < -0.3 is 10.6 Å². The van der Waals surface area contributed by atoms with Gasteiger partial charge in [-0.15, -0.1) is 0 Å². The van der Waals surface area contributed by atoms with Gasteiger partial charge in [0.15, 0.2) is 0 Å². The Kier molecular flexibility index (Phi) is 3.19. The lowest BCUT2D eigenvalue weighted by molar-refractivity contribution is 0.0995. The average molecular weight is 255 g/mol. The van der Waals surface area contributed by atoms with Gasteiger partial charge in [0.2, 0.25) is 5.28 Å². The molecular weight excluding hydrogens is 240 g/mol. The van der Waals surface area contributed by atoms with E-state index in [4.69, 9.17) is 17.3 Å². The van der Waals surface area contributed by atoms with Crippen molar-refractivity contribution in [3.63, 3.8) is 0 Å². The van der Waals surface area contributed by atoms with Crippen LogP contribution in [0.1, 0.15) is 24.3 Å². The van der Waals surface area contributed by atoms with Crippen molar-refractivity contribution in [3.05, 3.63) is 17.0 Å². The van der Waals surface area contributed by atoms with Gasteiger partial charge in [0.05, 0.1) is 0 Å². The van der Waals surface area contributed by atoms with Gasteiger partial charge in [0.1, 0.15) is 11.5 Å². The standard InChI is InChI=1S/C11H15ClN4O/c1-6-4-16(5-7(6)2)9-3-8(10(13)17)14-11(12)15-9/h3,6-7H,4-5H2,1-2H3,(H2,13,17)/t6-,7-/m0/s1. The summed E-state index contributed by atoms with van der Waals surface area (Å²) in [6, 6.07) is 1.60. The maximum atomic E-state index is 11.1. The van der Waals surface area contributed by atoms with Crippen molar-refractivity contribution in [3.8, 4) is 0 Å². The Bertz CT molecular complexity index is 441. The molecule has 0 saturated carbocycles. The number of nitrogens with zero attached hydrogens (tertiary/aromatic N) is 3. The third-order valence-corrected chi connectivity index (χ3v) is 3.42. The van der Waals surface area contributed by atoms with Crippen LogP contribution in [0.5, 0.6) is 0 Å². The maximum absolute atomic E-state index is 11.1. The van der Waals surface area contributed by atoms with Crippen LogP contribution < -0.4 is 10.6 Å². The highest BCUT2D eigenvalue weighted by atomic mass is 35.5. The monoisotopic (exact) mass is 254 g/mol. The van der Waals surface area contributed by atoms with Crippen molar-refractivity contribution in [1.29, 1.82) is 0 Å². The van der Waals surface area contributed by atoms with Crippen molar-refractivity contribution >= 4 is 23.3 Å². The summed E-state index contributed by atoms with van der Waals surface area (Å²) < 4.78 is 0. The first-order valence-electron chi connectivity index (χ1n) is 5.56. The Labute approximate surface area is 105 Å².